The molecule has 6 heteroatoms. The maximum absolute atomic E-state index is 12.9. The molecular formula is C10H14F2O4. The van der Waals surface area contributed by atoms with Crippen molar-refractivity contribution in [1.29, 1.82) is 0 Å². The van der Waals surface area contributed by atoms with Gasteiger partial charge in [0.1, 0.15) is 5.41 Å². The van der Waals surface area contributed by atoms with Gasteiger partial charge in [-0.3, -0.25) is 4.79 Å². The lowest BCUT2D eigenvalue weighted by atomic mass is 9.65. The molecule has 1 heterocycles. The third-order valence-electron chi connectivity index (χ3n) is 2.91. The number of esters is 1. The number of alkyl halides is 2. The van der Waals surface area contributed by atoms with E-state index in [4.69, 9.17) is 14.2 Å². The maximum atomic E-state index is 12.9. The lowest BCUT2D eigenvalue weighted by Gasteiger charge is -2.52. The van der Waals surface area contributed by atoms with E-state index in [0.29, 0.717) is 0 Å². The van der Waals surface area contributed by atoms with Gasteiger partial charge in [0.2, 0.25) is 0 Å². The first-order valence-electron chi connectivity index (χ1n) is 5.26. The smallest absolute Gasteiger partial charge is 0.317 e. The highest BCUT2D eigenvalue weighted by Crippen LogP contribution is 2.57. The largest absolute Gasteiger partial charge is 0.465 e. The molecule has 16 heavy (non-hydrogen) atoms. The van der Waals surface area contributed by atoms with Gasteiger partial charge in [-0.1, -0.05) is 0 Å². The Morgan fingerprint density at radius 3 is 2.38 bits per heavy atom. The van der Waals surface area contributed by atoms with Crippen molar-refractivity contribution >= 4 is 5.97 Å². The number of carbonyl (C=O) groups excluding carboxylic acids is 1. The molecular weight excluding hydrogens is 222 g/mol. The fourth-order valence-corrected chi connectivity index (χ4v) is 2.17. The van der Waals surface area contributed by atoms with Crippen molar-refractivity contribution in [2.24, 2.45) is 5.41 Å². The lowest BCUT2D eigenvalue weighted by molar-refractivity contribution is -0.427. The average Bonchev–Trinajstić information content (AvgIpc) is 2.09. The van der Waals surface area contributed by atoms with Crippen molar-refractivity contribution in [3.8, 4) is 0 Å². The van der Waals surface area contributed by atoms with Gasteiger partial charge < -0.3 is 14.2 Å². The molecule has 2 fully saturated rings. The van der Waals surface area contributed by atoms with Crippen LogP contribution in [0.4, 0.5) is 8.78 Å². The Kier molecular flexibility index (Phi) is 2.66. The summed E-state index contributed by atoms with van der Waals surface area (Å²) >= 11 is 0. The summed E-state index contributed by atoms with van der Waals surface area (Å²) in [6.45, 7) is 3.44. The van der Waals surface area contributed by atoms with Crippen LogP contribution in [0.5, 0.6) is 0 Å². The molecule has 1 aliphatic carbocycles. The zero-order chi connectivity index (χ0) is 12.0. The van der Waals surface area contributed by atoms with Gasteiger partial charge in [-0.05, 0) is 13.8 Å². The molecule has 1 saturated carbocycles. The van der Waals surface area contributed by atoms with E-state index >= 15 is 0 Å². The molecule has 0 aromatic rings. The fraction of sp³-hybridized carbons (Fsp3) is 0.900. The van der Waals surface area contributed by atoms with E-state index in [1.807, 2.05) is 0 Å². The summed E-state index contributed by atoms with van der Waals surface area (Å²) in [5.74, 6) is -3.48. The van der Waals surface area contributed by atoms with Crippen molar-refractivity contribution in [2.75, 3.05) is 6.61 Å². The van der Waals surface area contributed by atoms with Gasteiger partial charge in [0.25, 0.3) is 5.92 Å². The molecule has 0 spiro atoms. The Morgan fingerprint density at radius 1 is 1.44 bits per heavy atom. The van der Waals surface area contributed by atoms with Gasteiger partial charge in [0.05, 0.1) is 6.61 Å². The second-order valence-corrected chi connectivity index (χ2v) is 4.26. The standard InChI is InChI=1S/C10H14F2O4/c1-3-14-7(13)9(4-10(11,12)5-9)8-15-6(2)16-8/h6,8H,3-5H2,1-2H3. The van der Waals surface area contributed by atoms with Crippen LogP contribution in [-0.2, 0) is 19.0 Å². The molecule has 0 atom stereocenters. The Morgan fingerprint density at radius 2 is 2.00 bits per heavy atom. The van der Waals surface area contributed by atoms with Crippen LogP contribution in [0.3, 0.4) is 0 Å². The number of ether oxygens (including phenoxy) is 3. The highest BCUT2D eigenvalue weighted by Gasteiger charge is 2.68. The molecule has 0 radical (unpaired) electrons. The summed E-state index contributed by atoms with van der Waals surface area (Å²) < 4.78 is 41.0. The van der Waals surface area contributed by atoms with Crippen molar-refractivity contribution in [3.05, 3.63) is 0 Å². The minimum absolute atomic E-state index is 0.161. The Hall–Kier alpha value is -0.750. The van der Waals surface area contributed by atoms with Crippen LogP contribution in [0.2, 0.25) is 0 Å². The van der Waals surface area contributed by atoms with E-state index in [1.165, 1.54) is 0 Å². The quantitative estimate of drug-likeness (QED) is 0.699. The molecule has 4 nitrogen and oxygen atoms in total. The number of carbonyl (C=O) groups is 1. The summed E-state index contributed by atoms with van der Waals surface area (Å²) in [4.78, 5) is 11.7. The molecule has 0 bridgehead atoms. The molecule has 2 rings (SSSR count). The third-order valence-corrected chi connectivity index (χ3v) is 2.91. The fourth-order valence-electron chi connectivity index (χ4n) is 2.17. The third kappa shape index (κ3) is 1.69. The monoisotopic (exact) mass is 236 g/mol. The average molecular weight is 236 g/mol. The van der Waals surface area contributed by atoms with E-state index < -0.39 is 42.7 Å². The zero-order valence-corrected chi connectivity index (χ0v) is 9.16. The SMILES string of the molecule is CCOC(=O)C1(C2OC(C)O2)CC(F)(F)C1. The predicted molar refractivity (Wildman–Crippen MR) is 48.7 cm³/mol. The summed E-state index contributed by atoms with van der Waals surface area (Å²) in [6.07, 6.45) is -2.45. The Balaban J connectivity index is 2.06. The molecule has 1 aliphatic heterocycles. The first kappa shape index (κ1) is 11.7. The summed E-state index contributed by atoms with van der Waals surface area (Å²) in [6, 6.07) is 0. The summed E-state index contributed by atoms with van der Waals surface area (Å²) in [7, 11) is 0. The van der Waals surface area contributed by atoms with Gasteiger partial charge in [0, 0.05) is 12.8 Å². The molecule has 0 unspecified atom stereocenters. The molecule has 92 valence electrons. The molecule has 2 aliphatic rings. The van der Waals surface area contributed by atoms with E-state index in [2.05, 4.69) is 0 Å². The molecule has 0 aromatic heterocycles. The van der Waals surface area contributed by atoms with E-state index in [-0.39, 0.29) is 6.61 Å². The Bertz CT molecular complexity index is 291. The summed E-state index contributed by atoms with van der Waals surface area (Å²) in [5.41, 5.74) is -1.31. The van der Waals surface area contributed by atoms with Crippen LogP contribution < -0.4 is 0 Å². The molecule has 0 amide bonds. The van der Waals surface area contributed by atoms with Gasteiger partial charge in [-0.2, -0.15) is 0 Å². The van der Waals surface area contributed by atoms with Crippen molar-refractivity contribution in [3.63, 3.8) is 0 Å². The second kappa shape index (κ2) is 3.63. The van der Waals surface area contributed by atoms with Gasteiger partial charge in [-0.15, -0.1) is 0 Å². The van der Waals surface area contributed by atoms with Crippen molar-refractivity contribution in [1.82, 2.24) is 0 Å². The number of hydrogen-bond acceptors (Lipinski definition) is 4. The van der Waals surface area contributed by atoms with Crippen LogP contribution in [0, 0.1) is 5.41 Å². The second-order valence-electron chi connectivity index (χ2n) is 4.26. The van der Waals surface area contributed by atoms with E-state index in [9.17, 15) is 13.6 Å². The van der Waals surface area contributed by atoms with Gasteiger partial charge in [0.15, 0.2) is 12.6 Å². The first-order chi connectivity index (χ1) is 7.39. The van der Waals surface area contributed by atoms with Gasteiger partial charge in [-0.25, -0.2) is 8.78 Å². The van der Waals surface area contributed by atoms with Crippen molar-refractivity contribution < 1.29 is 27.8 Å². The molecule has 0 aromatic carbocycles. The van der Waals surface area contributed by atoms with Crippen LogP contribution in [0.15, 0.2) is 0 Å². The van der Waals surface area contributed by atoms with Crippen LogP contribution in [-0.4, -0.2) is 31.1 Å². The number of halogens is 2. The number of hydrogen-bond donors (Lipinski definition) is 0. The van der Waals surface area contributed by atoms with E-state index in [1.54, 1.807) is 13.8 Å². The Labute approximate surface area is 91.8 Å². The minimum atomic E-state index is -2.82. The van der Waals surface area contributed by atoms with E-state index in [0.717, 1.165) is 0 Å². The maximum Gasteiger partial charge on any atom is 0.317 e. The van der Waals surface area contributed by atoms with Crippen LogP contribution >= 0.6 is 0 Å². The van der Waals surface area contributed by atoms with Crippen LogP contribution in [0.1, 0.15) is 26.7 Å². The molecule has 0 N–H and O–H groups in total. The lowest BCUT2D eigenvalue weighted by Crippen LogP contribution is -2.64. The first-order valence-corrected chi connectivity index (χ1v) is 5.26. The summed E-state index contributed by atoms with van der Waals surface area (Å²) in [5, 5.41) is 0. The van der Waals surface area contributed by atoms with Gasteiger partial charge >= 0.3 is 5.97 Å². The van der Waals surface area contributed by atoms with Crippen LogP contribution in [0.25, 0.3) is 0 Å². The number of rotatable bonds is 3. The minimum Gasteiger partial charge on any atom is -0.465 e. The normalized spacial score (nSPS) is 34.8. The zero-order valence-electron chi connectivity index (χ0n) is 9.16. The highest BCUT2D eigenvalue weighted by molar-refractivity contribution is 5.79. The topological polar surface area (TPSA) is 44.8 Å². The highest BCUT2D eigenvalue weighted by atomic mass is 19.3. The predicted octanol–water partition coefficient (Wildman–Crippen LogP) is 1.68. The van der Waals surface area contributed by atoms with Crippen molar-refractivity contribution in [2.45, 2.75) is 45.2 Å². The molecule has 1 saturated heterocycles.